The molecule has 0 aliphatic carbocycles. The molecule has 4 nitrogen and oxygen atoms in total. The van der Waals surface area contributed by atoms with Gasteiger partial charge in [0.25, 0.3) is 0 Å². The van der Waals surface area contributed by atoms with Crippen LogP contribution in [0.5, 0.6) is 5.75 Å². The molecule has 0 spiro atoms. The van der Waals surface area contributed by atoms with Gasteiger partial charge in [0, 0.05) is 18.3 Å². The Labute approximate surface area is 118 Å². The number of nitrogens with zero attached hydrogens (tertiary/aromatic N) is 1. The van der Waals surface area contributed by atoms with Crippen molar-refractivity contribution in [2.24, 2.45) is 0 Å². The molecule has 0 saturated carbocycles. The van der Waals surface area contributed by atoms with Gasteiger partial charge in [0.1, 0.15) is 6.61 Å². The first-order chi connectivity index (χ1) is 9.67. The standard InChI is InChI=1S/C16H19NO3/c1-3-17-12(2)9-15(19)16(14(17)10-18)20-11-13-7-5-4-6-8-13/h4-9,18H,3,10-11H2,1-2H3. The van der Waals surface area contributed by atoms with Gasteiger partial charge in [0.15, 0.2) is 5.75 Å². The third-order valence-corrected chi connectivity index (χ3v) is 3.27. The van der Waals surface area contributed by atoms with Gasteiger partial charge in [-0.2, -0.15) is 0 Å². The van der Waals surface area contributed by atoms with Crippen LogP contribution in [0.3, 0.4) is 0 Å². The first kappa shape index (κ1) is 14.3. The number of benzene rings is 1. The maximum Gasteiger partial charge on any atom is 0.224 e. The minimum Gasteiger partial charge on any atom is -0.483 e. The Kier molecular flexibility index (Phi) is 4.58. The van der Waals surface area contributed by atoms with E-state index in [1.165, 1.54) is 0 Å². The lowest BCUT2D eigenvalue weighted by Gasteiger charge is -2.17. The second-order valence-corrected chi connectivity index (χ2v) is 4.60. The normalized spacial score (nSPS) is 10.6. The minimum absolute atomic E-state index is 0.188. The van der Waals surface area contributed by atoms with Gasteiger partial charge in [-0.1, -0.05) is 30.3 Å². The summed E-state index contributed by atoms with van der Waals surface area (Å²) in [5.41, 5.74) is 2.16. The van der Waals surface area contributed by atoms with Crippen molar-refractivity contribution in [2.45, 2.75) is 33.6 Å². The van der Waals surface area contributed by atoms with Crippen molar-refractivity contribution in [1.29, 1.82) is 0 Å². The lowest BCUT2D eigenvalue weighted by molar-refractivity contribution is 0.244. The largest absolute Gasteiger partial charge is 0.483 e. The smallest absolute Gasteiger partial charge is 0.224 e. The molecule has 0 atom stereocenters. The molecule has 0 aliphatic heterocycles. The molecule has 2 aromatic rings. The van der Waals surface area contributed by atoms with Crippen molar-refractivity contribution in [3.05, 3.63) is 63.6 Å². The number of ether oxygens (including phenoxy) is 1. The highest BCUT2D eigenvalue weighted by molar-refractivity contribution is 5.31. The summed E-state index contributed by atoms with van der Waals surface area (Å²) in [6.07, 6.45) is 0. The third-order valence-electron chi connectivity index (χ3n) is 3.27. The van der Waals surface area contributed by atoms with Crippen molar-refractivity contribution in [2.75, 3.05) is 0 Å². The predicted molar refractivity (Wildman–Crippen MR) is 77.8 cm³/mol. The average Bonchev–Trinajstić information content (AvgIpc) is 2.46. The maximum absolute atomic E-state index is 12.1. The molecule has 0 unspecified atom stereocenters. The van der Waals surface area contributed by atoms with E-state index in [1.807, 2.05) is 48.7 Å². The summed E-state index contributed by atoms with van der Waals surface area (Å²) >= 11 is 0. The number of aliphatic hydroxyl groups is 1. The van der Waals surface area contributed by atoms with Crippen LogP contribution in [0.15, 0.2) is 41.2 Å². The molecule has 0 radical (unpaired) electrons. The highest BCUT2D eigenvalue weighted by Gasteiger charge is 2.13. The van der Waals surface area contributed by atoms with Gasteiger partial charge in [-0.25, -0.2) is 0 Å². The Morgan fingerprint density at radius 1 is 1.25 bits per heavy atom. The van der Waals surface area contributed by atoms with Crippen molar-refractivity contribution in [1.82, 2.24) is 4.57 Å². The molecule has 0 aliphatic rings. The second-order valence-electron chi connectivity index (χ2n) is 4.60. The number of hydrogen-bond acceptors (Lipinski definition) is 3. The van der Waals surface area contributed by atoms with Gasteiger partial charge in [0.2, 0.25) is 5.43 Å². The summed E-state index contributed by atoms with van der Waals surface area (Å²) in [5, 5.41) is 9.54. The molecule has 0 saturated heterocycles. The highest BCUT2D eigenvalue weighted by atomic mass is 16.5. The van der Waals surface area contributed by atoms with E-state index in [0.29, 0.717) is 18.8 Å². The van der Waals surface area contributed by atoms with Crippen LogP contribution in [0.2, 0.25) is 0 Å². The molecule has 1 heterocycles. The van der Waals surface area contributed by atoms with E-state index < -0.39 is 0 Å². The first-order valence-electron chi connectivity index (χ1n) is 6.68. The molecule has 1 aromatic carbocycles. The van der Waals surface area contributed by atoms with Gasteiger partial charge in [-0.05, 0) is 19.4 Å². The molecule has 1 aromatic heterocycles. The molecule has 0 bridgehead atoms. The van der Waals surface area contributed by atoms with Crippen LogP contribution in [-0.4, -0.2) is 9.67 Å². The van der Waals surface area contributed by atoms with Crippen LogP contribution in [0.4, 0.5) is 0 Å². The highest BCUT2D eigenvalue weighted by Crippen LogP contribution is 2.17. The van der Waals surface area contributed by atoms with Gasteiger partial charge in [0.05, 0.1) is 12.3 Å². The molecular weight excluding hydrogens is 254 g/mol. The van der Waals surface area contributed by atoms with Crippen molar-refractivity contribution in [3.63, 3.8) is 0 Å². The van der Waals surface area contributed by atoms with Gasteiger partial charge in [-0.3, -0.25) is 4.79 Å². The second kappa shape index (κ2) is 6.39. The molecule has 1 N–H and O–H groups in total. The molecule has 4 heteroatoms. The summed E-state index contributed by atoms with van der Waals surface area (Å²) in [4.78, 5) is 12.1. The van der Waals surface area contributed by atoms with E-state index >= 15 is 0 Å². The first-order valence-corrected chi connectivity index (χ1v) is 6.68. The molecule has 106 valence electrons. The molecule has 20 heavy (non-hydrogen) atoms. The SMILES string of the molecule is CCn1c(C)cc(=O)c(OCc2ccccc2)c1CO. The van der Waals surface area contributed by atoms with E-state index in [-0.39, 0.29) is 17.8 Å². The number of rotatable bonds is 5. The van der Waals surface area contributed by atoms with Crippen LogP contribution in [0.1, 0.15) is 23.9 Å². The lowest BCUT2D eigenvalue weighted by Crippen LogP contribution is -2.19. The summed E-state index contributed by atoms with van der Waals surface area (Å²) in [6.45, 7) is 4.61. The number of pyridine rings is 1. The fourth-order valence-electron chi connectivity index (χ4n) is 2.29. The topological polar surface area (TPSA) is 51.5 Å². The number of aryl methyl sites for hydroxylation is 1. The van der Waals surface area contributed by atoms with Crippen molar-refractivity contribution in [3.8, 4) is 5.75 Å². The number of hydrogen-bond donors (Lipinski definition) is 1. The third kappa shape index (κ3) is 2.91. The predicted octanol–water partition coefficient (Wildman–Crippen LogP) is 2.25. The van der Waals surface area contributed by atoms with Gasteiger partial charge in [-0.15, -0.1) is 0 Å². The molecule has 0 fully saturated rings. The summed E-state index contributed by atoms with van der Waals surface area (Å²) in [6, 6.07) is 11.2. The fourth-order valence-corrected chi connectivity index (χ4v) is 2.29. The minimum atomic E-state index is -0.213. The molecular formula is C16H19NO3. The van der Waals surface area contributed by atoms with Crippen LogP contribution < -0.4 is 10.2 Å². The van der Waals surface area contributed by atoms with E-state index in [4.69, 9.17) is 4.74 Å². The van der Waals surface area contributed by atoms with Crippen LogP contribution in [0, 0.1) is 6.92 Å². The monoisotopic (exact) mass is 273 g/mol. The summed E-state index contributed by atoms with van der Waals surface area (Å²) < 4.78 is 7.54. The Bertz CT molecular complexity index is 632. The van der Waals surface area contributed by atoms with E-state index in [1.54, 1.807) is 6.07 Å². The van der Waals surface area contributed by atoms with E-state index in [2.05, 4.69) is 0 Å². The quantitative estimate of drug-likeness (QED) is 0.909. The van der Waals surface area contributed by atoms with Crippen LogP contribution in [0.25, 0.3) is 0 Å². The van der Waals surface area contributed by atoms with Gasteiger partial charge >= 0.3 is 0 Å². The Morgan fingerprint density at radius 2 is 1.95 bits per heavy atom. The van der Waals surface area contributed by atoms with Crippen molar-refractivity contribution < 1.29 is 9.84 Å². The fraction of sp³-hybridized carbons (Fsp3) is 0.312. The van der Waals surface area contributed by atoms with E-state index in [0.717, 1.165) is 11.3 Å². The number of aromatic nitrogens is 1. The Balaban J connectivity index is 2.34. The maximum atomic E-state index is 12.1. The van der Waals surface area contributed by atoms with Gasteiger partial charge < -0.3 is 14.4 Å². The van der Waals surface area contributed by atoms with Crippen molar-refractivity contribution >= 4 is 0 Å². The Hall–Kier alpha value is -2.07. The summed E-state index contributed by atoms with van der Waals surface area (Å²) in [5.74, 6) is 0.240. The molecule has 2 rings (SSSR count). The zero-order valence-electron chi connectivity index (χ0n) is 11.8. The Morgan fingerprint density at radius 3 is 2.55 bits per heavy atom. The zero-order chi connectivity index (χ0) is 14.5. The number of aliphatic hydroxyl groups excluding tert-OH is 1. The zero-order valence-corrected chi connectivity index (χ0v) is 11.8. The molecule has 0 amide bonds. The average molecular weight is 273 g/mol. The van der Waals surface area contributed by atoms with E-state index in [9.17, 15) is 9.90 Å². The summed E-state index contributed by atoms with van der Waals surface area (Å²) in [7, 11) is 0. The van der Waals surface area contributed by atoms with Crippen LogP contribution in [-0.2, 0) is 19.8 Å². The van der Waals surface area contributed by atoms with Crippen LogP contribution >= 0.6 is 0 Å². The lowest BCUT2D eigenvalue weighted by atomic mass is 10.2.